The minimum atomic E-state index is -4.42. The van der Waals surface area contributed by atoms with Crippen LogP contribution in [0, 0.1) is 46.4 Å². The van der Waals surface area contributed by atoms with Gasteiger partial charge in [-0.2, -0.15) is 45.1 Å². The van der Waals surface area contributed by atoms with Crippen LogP contribution in [-0.2, 0) is 41.1 Å². The maximum absolute atomic E-state index is 13.4. The average Bonchev–Trinajstić information content (AvgIpc) is 3.99. The maximum Gasteiger partial charge on any atom is 1.00 e. The van der Waals surface area contributed by atoms with Gasteiger partial charge in [-0.1, -0.05) is 13.8 Å². The van der Waals surface area contributed by atoms with Crippen molar-refractivity contribution in [1.29, 1.82) is 5.26 Å². The van der Waals surface area contributed by atoms with Gasteiger partial charge < -0.3 is 26.1 Å². The number of nitrogens with one attached hydrogen (secondary N) is 2. The van der Waals surface area contributed by atoms with Gasteiger partial charge in [-0.25, -0.2) is 33.0 Å². The Balaban J connectivity index is 0.000000563. The van der Waals surface area contributed by atoms with Crippen LogP contribution >= 0.6 is 0 Å². The summed E-state index contributed by atoms with van der Waals surface area (Å²) in [5.74, 6) is -1.82. The first-order valence-electron chi connectivity index (χ1n) is 21.7. The van der Waals surface area contributed by atoms with Gasteiger partial charge in [0, 0.05) is 93.1 Å². The zero-order valence-corrected chi connectivity index (χ0v) is 48.5. The summed E-state index contributed by atoms with van der Waals surface area (Å²) in [5, 5.41) is 26.2. The van der Waals surface area contributed by atoms with Gasteiger partial charge in [0.2, 0.25) is 11.8 Å². The Morgan fingerprint density at radius 1 is 0.776 bits per heavy atom. The molecule has 3 aliphatic heterocycles. The van der Waals surface area contributed by atoms with E-state index >= 15 is 0 Å². The summed E-state index contributed by atoms with van der Waals surface area (Å²) in [6.45, 7) is 7.11. The van der Waals surface area contributed by atoms with Crippen molar-refractivity contribution < 1.29 is 185 Å². The Morgan fingerprint density at radius 3 is 1.57 bits per heavy atom. The van der Waals surface area contributed by atoms with Gasteiger partial charge in [0.25, 0.3) is 16.6 Å². The number of ether oxygens (including phenoxy) is 1. The van der Waals surface area contributed by atoms with Crippen molar-refractivity contribution in [2.45, 2.75) is 64.6 Å². The van der Waals surface area contributed by atoms with E-state index in [-0.39, 0.29) is 141 Å². The molecule has 0 unspecified atom stereocenters. The van der Waals surface area contributed by atoms with Crippen LogP contribution < -0.4 is 128 Å². The van der Waals surface area contributed by atoms with Crippen LogP contribution in [0.5, 0.6) is 5.88 Å². The van der Waals surface area contributed by atoms with E-state index in [9.17, 15) is 57.1 Å². The number of hydrazone groups is 1. The van der Waals surface area contributed by atoms with Crippen LogP contribution in [0.1, 0.15) is 58.2 Å². The number of H-pyrrole nitrogens is 1. The van der Waals surface area contributed by atoms with Crippen LogP contribution in [0.3, 0.4) is 0 Å². The van der Waals surface area contributed by atoms with Crippen LogP contribution in [0.15, 0.2) is 84.2 Å². The smallest absolute Gasteiger partial charge is 1.00 e. The number of piperidine rings is 2. The summed E-state index contributed by atoms with van der Waals surface area (Å²) in [5.41, 5.74) is 2.02. The Labute approximate surface area is 516 Å². The SMILES string of the molecule is CC#N.C[C@@H]1CN(c2ccc(C(F)(F)F)cn2)CC[C@@H]1OS(C)(=O)=O.C[C@@H]1CN(c2ccc(C(F)(F)F)cn2)CC[C@H]1Oc1cc(-c2cc(F)cc(F)c2)[nH]n1.O=C1CC(c2cc(F)cc(F)c2)=NN1.O=CO[O-].[H-].[K+].[K+]. The average molecular weight is 1150 g/mol. The number of alkyl halides is 6. The van der Waals surface area contributed by atoms with Crippen LogP contribution in [0.2, 0.25) is 0 Å². The number of aromatic amines is 1. The molecule has 0 aliphatic carbocycles. The molecule has 4 atom stereocenters. The second-order valence-electron chi connectivity index (χ2n) is 16.3. The number of nitriles is 1. The zero-order valence-electron chi connectivity index (χ0n) is 42.4. The Kier molecular flexibility index (Phi) is 28.2. The molecule has 30 heteroatoms. The molecule has 2 aromatic carbocycles. The predicted molar refractivity (Wildman–Crippen MR) is 244 cm³/mol. The van der Waals surface area contributed by atoms with E-state index < -0.39 is 63.0 Å². The molecule has 76 heavy (non-hydrogen) atoms. The number of carbonyl (C=O) groups is 2. The van der Waals surface area contributed by atoms with Crippen molar-refractivity contribution >= 4 is 39.8 Å². The number of aromatic nitrogens is 4. The molecule has 0 spiro atoms. The monoisotopic (exact) mass is 1150 g/mol. The molecule has 8 rings (SSSR count). The van der Waals surface area contributed by atoms with Crippen molar-refractivity contribution in [3.63, 3.8) is 0 Å². The quantitative estimate of drug-likeness (QED) is 0.0535. The van der Waals surface area contributed by atoms with Gasteiger partial charge >= 0.3 is 115 Å². The molecule has 402 valence electrons. The third-order valence-corrected chi connectivity index (χ3v) is 11.2. The number of benzene rings is 2. The Hall–Kier alpha value is -4.11. The molecule has 0 radical (unpaired) electrons. The first kappa shape index (κ1) is 68.0. The minimum Gasteiger partial charge on any atom is -1.00 e. The van der Waals surface area contributed by atoms with Crippen molar-refractivity contribution in [2.24, 2.45) is 16.9 Å². The number of amides is 1. The summed E-state index contributed by atoms with van der Waals surface area (Å²) in [6.07, 6.45) is -5.63. The molecule has 0 bridgehead atoms. The van der Waals surface area contributed by atoms with Gasteiger partial charge in [0.1, 0.15) is 41.0 Å². The van der Waals surface area contributed by atoms with E-state index in [1.807, 2.05) is 23.6 Å². The van der Waals surface area contributed by atoms with Gasteiger partial charge in [-0.05, 0) is 55.0 Å². The molecule has 2 fully saturated rings. The van der Waals surface area contributed by atoms with Crippen LogP contribution in [0.25, 0.3) is 11.3 Å². The minimum absolute atomic E-state index is 0. The molecule has 3 aliphatic rings. The summed E-state index contributed by atoms with van der Waals surface area (Å²) >= 11 is 0. The van der Waals surface area contributed by atoms with Crippen molar-refractivity contribution in [3.05, 3.63) is 119 Å². The molecule has 5 aromatic rings. The second-order valence-corrected chi connectivity index (χ2v) is 17.9. The molecule has 0 saturated carbocycles. The van der Waals surface area contributed by atoms with E-state index in [0.29, 0.717) is 79.1 Å². The fourth-order valence-electron chi connectivity index (χ4n) is 7.31. The number of anilines is 2. The standard InChI is InChI=1S/C21H19F5N4O.C13H17F3N2O3S.C9H6F2N2O.C2H3N.CH2O3.2K.H/c1-12-11-30(19-3-2-14(10-27-19)21(24,25)26)5-4-18(12)31-20-9-17(28-29-20)13-6-15(22)8-16(23)7-13;1-9-8-18(6-5-11(9)21-22(2,19)20)12-4-3-10(7-17-12)13(14,15)16;10-6-1-5(2-7(11)3-6)8-4-9(14)13-12-8;1-2-3;2-1-4-3;;;/h2-3,6-10,12,18H,4-5,11H2,1H3,(H,28,29);3-4,7,9,11H,5-6,8H2,1-2H3;1-3H,4H2,(H,13,14);1H3;1,3H;;;/q;;;;;2*+1;-1/p-1/t12-,18-;9-,11+;;;;;;/m11....../s1. The van der Waals surface area contributed by atoms with Crippen molar-refractivity contribution in [3.8, 4) is 23.2 Å². The largest absolute Gasteiger partial charge is 1.00 e. The predicted octanol–water partition coefficient (Wildman–Crippen LogP) is 1.63. The third kappa shape index (κ3) is 22.3. The number of nitrogens with zero attached hydrogens (tertiary/aromatic N) is 7. The number of halogens is 10. The van der Waals surface area contributed by atoms with E-state index in [1.165, 1.54) is 31.2 Å². The zero-order chi connectivity index (χ0) is 55.0. The van der Waals surface area contributed by atoms with E-state index in [0.717, 1.165) is 55.0 Å². The summed E-state index contributed by atoms with van der Waals surface area (Å²) in [7, 11) is -3.52. The topological polar surface area (TPSA) is 228 Å². The van der Waals surface area contributed by atoms with E-state index in [1.54, 1.807) is 12.1 Å². The first-order chi connectivity index (χ1) is 34.7. The number of hydrogen-bond donors (Lipinski definition) is 2. The molecule has 1 amide bonds. The number of carbonyl (C=O) groups excluding carboxylic acids is 2. The molecule has 6 heterocycles. The Morgan fingerprint density at radius 2 is 1.21 bits per heavy atom. The molecular weight excluding hydrogens is 1110 g/mol. The normalized spacial score (nSPS) is 18.0. The van der Waals surface area contributed by atoms with Gasteiger partial charge in [-0.15, -0.1) is 5.10 Å². The third-order valence-electron chi connectivity index (χ3n) is 10.6. The van der Waals surface area contributed by atoms with E-state index in [2.05, 4.69) is 35.6 Å². The molecule has 2 N–H and O–H groups in total. The fraction of sp³-hybridized carbons (Fsp3) is 0.370. The summed E-state index contributed by atoms with van der Waals surface area (Å²) < 4.78 is 161. The van der Waals surface area contributed by atoms with Crippen molar-refractivity contribution in [1.82, 2.24) is 25.6 Å². The maximum atomic E-state index is 13.4. The summed E-state index contributed by atoms with van der Waals surface area (Å²) in [6, 6.07) is 14.3. The van der Waals surface area contributed by atoms with Crippen LogP contribution in [-0.4, -0.2) is 91.3 Å². The fourth-order valence-corrected chi connectivity index (χ4v) is 8.05. The summed E-state index contributed by atoms with van der Waals surface area (Å²) in [4.78, 5) is 33.6. The first-order valence-corrected chi connectivity index (χ1v) is 23.5. The van der Waals surface area contributed by atoms with E-state index in [4.69, 9.17) is 24.2 Å². The molecule has 17 nitrogen and oxygen atoms in total. The molecule has 3 aromatic heterocycles. The van der Waals surface area contributed by atoms with Gasteiger partial charge in [0.15, 0.2) is 0 Å². The number of rotatable bonds is 9. The van der Waals surface area contributed by atoms with Crippen molar-refractivity contribution in [2.75, 3.05) is 42.2 Å². The second kappa shape index (κ2) is 31.5. The van der Waals surface area contributed by atoms with Crippen LogP contribution in [0.4, 0.5) is 55.5 Å². The van der Waals surface area contributed by atoms with Gasteiger partial charge in [-0.3, -0.25) is 18.9 Å². The Bertz CT molecular complexity index is 2810. The number of hydrogen-bond acceptors (Lipinski definition) is 15. The molecule has 2 saturated heterocycles. The molecular formula is C46H47F10K2N9O8S. The number of pyridine rings is 2. The van der Waals surface area contributed by atoms with Gasteiger partial charge in [0.05, 0.1) is 47.4 Å².